The largest absolute Gasteiger partial charge is 0.370 e. The van der Waals surface area contributed by atoms with E-state index in [0.29, 0.717) is 12.0 Å². The van der Waals surface area contributed by atoms with Crippen molar-refractivity contribution in [1.82, 2.24) is 9.80 Å². The minimum atomic E-state index is 0.0132. The molecule has 1 unspecified atom stereocenters. The number of piperidine rings is 1. The van der Waals surface area contributed by atoms with Crippen LogP contribution < -0.4 is 10.2 Å². The number of likely N-dealkylation sites (tertiary alicyclic amines) is 1. The van der Waals surface area contributed by atoms with Crippen LogP contribution in [0.2, 0.25) is 0 Å². The zero-order valence-corrected chi connectivity index (χ0v) is 18.5. The molecule has 0 radical (unpaired) electrons. The molecule has 2 amide bonds. The topological polar surface area (TPSA) is 38.8 Å². The van der Waals surface area contributed by atoms with Crippen LogP contribution in [-0.4, -0.2) is 62.1 Å². The fraction of sp³-hybridized carbons (Fsp3) is 0.480. The van der Waals surface area contributed by atoms with Gasteiger partial charge in [0.1, 0.15) is 0 Å². The minimum absolute atomic E-state index is 0.0132. The highest BCUT2D eigenvalue weighted by Gasteiger charge is 2.25. The van der Waals surface area contributed by atoms with E-state index in [9.17, 15) is 4.79 Å². The van der Waals surface area contributed by atoms with Crippen molar-refractivity contribution < 1.29 is 4.79 Å². The molecule has 5 heteroatoms. The molecule has 4 rings (SSSR count). The molecule has 2 fully saturated rings. The SMILES string of the molecule is Cc1cccc(C2CCN(C(=O)Nc3ccc(N4CCC(N(C)C)C4)cc3)CC2)c1. The number of carbonyl (C=O) groups excluding carboxylic acids is 1. The zero-order chi connectivity index (χ0) is 21.1. The fourth-order valence-corrected chi connectivity index (χ4v) is 4.70. The second-order valence-electron chi connectivity index (χ2n) is 9.00. The molecule has 0 saturated carbocycles. The van der Waals surface area contributed by atoms with Gasteiger partial charge in [0.2, 0.25) is 0 Å². The summed E-state index contributed by atoms with van der Waals surface area (Å²) in [7, 11) is 4.30. The number of urea groups is 1. The van der Waals surface area contributed by atoms with Gasteiger partial charge < -0.3 is 20.0 Å². The first kappa shape index (κ1) is 20.7. The van der Waals surface area contributed by atoms with Crippen molar-refractivity contribution >= 4 is 17.4 Å². The summed E-state index contributed by atoms with van der Waals surface area (Å²) in [4.78, 5) is 19.4. The van der Waals surface area contributed by atoms with Crippen molar-refractivity contribution in [3.8, 4) is 0 Å². The van der Waals surface area contributed by atoms with Gasteiger partial charge in [-0.05, 0) is 76.0 Å². The smallest absolute Gasteiger partial charge is 0.321 e. The van der Waals surface area contributed by atoms with Crippen LogP contribution in [0.3, 0.4) is 0 Å². The van der Waals surface area contributed by atoms with E-state index in [1.807, 2.05) is 17.0 Å². The Labute approximate surface area is 180 Å². The molecule has 5 nitrogen and oxygen atoms in total. The molecule has 0 bridgehead atoms. The van der Waals surface area contributed by atoms with E-state index in [-0.39, 0.29) is 6.03 Å². The average molecular weight is 407 g/mol. The van der Waals surface area contributed by atoms with Gasteiger partial charge in [-0.3, -0.25) is 0 Å². The average Bonchev–Trinajstić information content (AvgIpc) is 3.25. The molecule has 0 spiro atoms. The van der Waals surface area contributed by atoms with Crippen LogP contribution in [-0.2, 0) is 0 Å². The molecule has 30 heavy (non-hydrogen) atoms. The summed E-state index contributed by atoms with van der Waals surface area (Å²) < 4.78 is 0. The molecule has 1 N–H and O–H groups in total. The molecule has 2 saturated heterocycles. The van der Waals surface area contributed by atoms with Gasteiger partial charge in [0.25, 0.3) is 0 Å². The number of likely N-dealkylation sites (N-methyl/N-ethyl adjacent to an activating group) is 1. The number of benzene rings is 2. The second-order valence-corrected chi connectivity index (χ2v) is 9.00. The van der Waals surface area contributed by atoms with Crippen molar-refractivity contribution in [3.05, 3.63) is 59.7 Å². The van der Waals surface area contributed by atoms with Gasteiger partial charge >= 0.3 is 6.03 Å². The van der Waals surface area contributed by atoms with E-state index < -0.39 is 0 Å². The molecule has 2 aliphatic heterocycles. The van der Waals surface area contributed by atoms with Crippen LogP contribution in [0.25, 0.3) is 0 Å². The lowest BCUT2D eigenvalue weighted by Gasteiger charge is -2.32. The third-order valence-corrected chi connectivity index (χ3v) is 6.67. The Morgan fingerprint density at radius 1 is 1.00 bits per heavy atom. The summed E-state index contributed by atoms with van der Waals surface area (Å²) in [5, 5.41) is 3.08. The number of aryl methyl sites for hydroxylation is 1. The maximum absolute atomic E-state index is 12.7. The molecule has 0 aromatic heterocycles. The Morgan fingerprint density at radius 2 is 1.73 bits per heavy atom. The zero-order valence-electron chi connectivity index (χ0n) is 18.5. The summed E-state index contributed by atoms with van der Waals surface area (Å²) in [6, 6.07) is 17.7. The highest BCUT2D eigenvalue weighted by atomic mass is 16.2. The normalized spacial score (nSPS) is 20.1. The Balaban J connectivity index is 1.28. The van der Waals surface area contributed by atoms with Crippen molar-refractivity contribution in [3.63, 3.8) is 0 Å². The first-order valence-electron chi connectivity index (χ1n) is 11.1. The number of rotatable bonds is 4. The fourth-order valence-electron chi connectivity index (χ4n) is 4.70. The summed E-state index contributed by atoms with van der Waals surface area (Å²) in [6.45, 7) is 5.91. The number of hydrogen-bond donors (Lipinski definition) is 1. The van der Waals surface area contributed by atoms with E-state index in [1.165, 1.54) is 23.2 Å². The van der Waals surface area contributed by atoms with Crippen LogP contribution in [0, 0.1) is 6.92 Å². The molecule has 0 aliphatic carbocycles. The van der Waals surface area contributed by atoms with Crippen LogP contribution in [0.4, 0.5) is 16.2 Å². The highest BCUT2D eigenvalue weighted by molar-refractivity contribution is 5.89. The van der Waals surface area contributed by atoms with E-state index in [1.54, 1.807) is 0 Å². The lowest BCUT2D eigenvalue weighted by atomic mass is 9.89. The number of carbonyl (C=O) groups is 1. The highest BCUT2D eigenvalue weighted by Crippen LogP contribution is 2.29. The quantitative estimate of drug-likeness (QED) is 0.810. The second kappa shape index (κ2) is 9.09. The molecular formula is C25H34N4O. The first-order chi connectivity index (χ1) is 14.5. The van der Waals surface area contributed by atoms with Gasteiger partial charge in [-0.15, -0.1) is 0 Å². The number of nitrogens with zero attached hydrogens (tertiary/aromatic N) is 3. The molecule has 2 aliphatic rings. The Morgan fingerprint density at radius 3 is 2.37 bits per heavy atom. The first-order valence-corrected chi connectivity index (χ1v) is 11.1. The van der Waals surface area contributed by atoms with Gasteiger partial charge in [-0.25, -0.2) is 4.79 Å². The van der Waals surface area contributed by atoms with E-state index in [4.69, 9.17) is 0 Å². The lowest BCUT2D eigenvalue weighted by Crippen LogP contribution is -2.40. The lowest BCUT2D eigenvalue weighted by molar-refractivity contribution is 0.194. The maximum Gasteiger partial charge on any atom is 0.321 e. The van der Waals surface area contributed by atoms with Crippen molar-refractivity contribution in [2.24, 2.45) is 0 Å². The Bertz CT molecular complexity index is 856. The van der Waals surface area contributed by atoms with Crippen LogP contribution in [0.5, 0.6) is 0 Å². The summed E-state index contributed by atoms with van der Waals surface area (Å²) in [6.07, 6.45) is 3.25. The standard InChI is InChI=1S/C25H34N4O/c1-19-5-4-6-21(17-19)20-11-14-28(15-12-20)25(30)26-22-7-9-23(10-8-22)29-16-13-24(18-29)27(2)3/h4-10,17,20,24H,11-16,18H2,1-3H3,(H,26,30). The summed E-state index contributed by atoms with van der Waals surface area (Å²) in [5.41, 5.74) is 4.82. The maximum atomic E-state index is 12.7. The van der Waals surface area contributed by atoms with E-state index in [2.05, 4.69) is 72.5 Å². The number of anilines is 2. The number of hydrogen-bond acceptors (Lipinski definition) is 3. The third kappa shape index (κ3) is 4.78. The minimum Gasteiger partial charge on any atom is -0.370 e. The summed E-state index contributed by atoms with van der Waals surface area (Å²) in [5.74, 6) is 0.555. The van der Waals surface area contributed by atoms with Crippen molar-refractivity contribution in [2.45, 2.75) is 38.1 Å². The van der Waals surface area contributed by atoms with Crippen LogP contribution >= 0.6 is 0 Å². The molecule has 2 aromatic rings. The van der Waals surface area contributed by atoms with Crippen molar-refractivity contribution in [1.29, 1.82) is 0 Å². The Kier molecular flexibility index (Phi) is 6.28. The van der Waals surface area contributed by atoms with Gasteiger partial charge in [0.15, 0.2) is 0 Å². The summed E-state index contributed by atoms with van der Waals surface area (Å²) >= 11 is 0. The van der Waals surface area contributed by atoms with Gasteiger partial charge in [-0.1, -0.05) is 29.8 Å². The van der Waals surface area contributed by atoms with E-state index in [0.717, 1.165) is 44.7 Å². The predicted molar refractivity (Wildman–Crippen MR) is 124 cm³/mol. The number of amides is 2. The van der Waals surface area contributed by atoms with E-state index >= 15 is 0 Å². The van der Waals surface area contributed by atoms with Crippen LogP contribution in [0.1, 0.15) is 36.3 Å². The predicted octanol–water partition coefficient (Wildman–Crippen LogP) is 4.55. The van der Waals surface area contributed by atoms with Crippen molar-refractivity contribution in [2.75, 3.05) is 50.5 Å². The molecule has 1 atom stereocenters. The molecule has 2 aromatic carbocycles. The molecular weight excluding hydrogens is 372 g/mol. The van der Waals surface area contributed by atoms with Gasteiger partial charge in [-0.2, -0.15) is 0 Å². The molecule has 160 valence electrons. The number of nitrogens with one attached hydrogen (secondary N) is 1. The van der Waals surface area contributed by atoms with Gasteiger partial charge in [0.05, 0.1) is 0 Å². The Hall–Kier alpha value is -2.53. The third-order valence-electron chi connectivity index (χ3n) is 6.67. The monoisotopic (exact) mass is 406 g/mol. The van der Waals surface area contributed by atoms with Gasteiger partial charge in [0, 0.05) is 43.6 Å². The van der Waals surface area contributed by atoms with Crippen LogP contribution in [0.15, 0.2) is 48.5 Å². The molecule has 2 heterocycles.